The van der Waals surface area contributed by atoms with Crippen LogP contribution < -0.4 is 10.6 Å². The van der Waals surface area contributed by atoms with Crippen molar-refractivity contribution in [2.75, 3.05) is 12.0 Å². The Balaban J connectivity index is 2.08. The number of amides is 2. The van der Waals surface area contributed by atoms with Crippen molar-refractivity contribution in [2.45, 2.75) is 57.0 Å². The van der Waals surface area contributed by atoms with Crippen LogP contribution in [0, 0.1) is 0 Å². The third kappa shape index (κ3) is 7.62. The van der Waals surface area contributed by atoms with Gasteiger partial charge in [0.2, 0.25) is 5.91 Å². The van der Waals surface area contributed by atoms with Gasteiger partial charge in [-0.05, 0) is 47.3 Å². The monoisotopic (exact) mass is 458 g/mol. The van der Waals surface area contributed by atoms with Crippen LogP contribution in [0.1, 0.15) is 55.3 Å². The molecule has 0 aromatic heterocycles. The minimum atomic E-state index is -3.24. The minimum absolute atomic E-state index is 0.0492. The Labute approximate surface area is 169 Å². The molecule has 1 fully saturated rings. The van der Waals surface area contributed by atoms with Gasteiger partial charge in [-0.1, -0.05) is 37.8 Å². The molecule has 2 rings (SSSR count). The average molecular weight is 459 g/mol. The van der Waals surface area contributed by atoms with E-state index in [1.165, 1.54) is 12.8 Å². The lowest BCUT2D eigenvalue weighted by Crippen LogP contribution is -2.50. The molecule has 1 atom stereocenters. The lowest BCUT2D eigenvalue weighted by molar-refractivity contribution is -0.123. The van der Waals surface area contributed by atoms with E-state index in [0.717, 1.165) is 31.9 Å². The first-order valence-electron chi connectivity index (χ1n) is 9.30. The van der Waals surface area contributed by atoms with E-state index < -0.39 is 21.8 Å². The predicted molar refractivity (Wildman–Crippen MR) is 109 cm³/mol. The van der Waals surface area contributed by atoms with Gasteiger partial charge < -0.3 is 10.6 Å². The molecule has 1 aromatic carbocycles. The number of sulfone groups is 1. The van der Waals surface area contributed by atoms with Crippen LogP contribution in [0.4, 0.5) is 0 Å². The van der Waals surface area contributed by atoms with Gasteiger partial charge in [-0.25, -0.2) is 8.42 Å². The summed E-state index contributed by atoms with van der Waals surface area (Å²) in [5, 5.41) is 5.71. The van der Waals surface area contributed by atoms with Crippen molar-refractivity contribution in [3.63, 3.8) is 0 Å². The Bertz CT molecular complexity index is 759. The molecular formula is C19H27BrN2O4S. The van der Waals surface area contributed by atoms with E-state index in [1.54, 1.807) is 24.3 Å². The van der Waals surface area contributed by atoms with Crippen LogP contribution in [-0.2, 0) is 14.6 Å². The molecule has 0 radical (unpaired) electrons. The van der Waals surface area contributed by atoms with E-state index in [0.29, 0.717) is 10.0 Å². The van der Waals surface area contributed by atoms with Crippen LogP contribution in [0.2, 0.25) is 0 Å². The SMILES string of the molecule is CS(=O)(=O)CCC(NC(=O)c1ccccc1Br)C(=O)NC1CCCCCC1. The Morgan fingerprint density at radius 1 is 1.15 bits per heavy atom. The van der Waals surface area contributed by atoms with Gasteiger partial charge in [-0.3, -0.25) is 9.59 Å². The van der Waals surface area contributed by atoms with Crippen LogP contribution in [0.3, 0.4) is 0 Å². The fourth-order valence-corrected chi connectivity index (χ4v) is 4.34. The number of carbonyl (C=O) groups is 2. The quantitative estimate of drug-likeness (QED) is 0.614. The predicted octanol–water partition coefficient (Wildman–Crippen LogP) is 2.82. The molecule has 0 bridgehead atoms. The summed E-state index contributed by atoms with van der Waals surface area (Å²) in [4.78, 5) is 25.3. The zero-order valence-electron chi connectivity index (χ0n) is 15.5. The maximum atomic E-state index is 12.8. The molecular weight excluding hydrogens is 432 g/mol. The zero-order valence-corrected chi connectivity index (χ0v) is 17.9. The van der Waals surface area contributed by atoms with Crippen molar-refractivity contribution in [1.29, 1.82) is 0 Å². The summed E-state index contributed by atoms with van der Waals surface area (Å²) in [6.45, 7) is 0. The van der Waals surface area contributed by atoms with Gasteiger partial charge in [-0.15, -0.1) is 0 Å². The highest BCUT2D eigenvalue weighted by molar-refractivity contribution is 9.10. The summed E-state index contributed by atoms with van der Waals surface area (Å²) < 4.78 is 23.7. The highest BCUT2D eigenvalue weighted by Gasteiger charge is 2.26. The number of rotatable bonds is 7. The lowest BCUT2D eigenvalue weighted by Gasteiger charge is -2.23. The van der Waals surface area contributed by atoms with E-state index in [4.69, 9.17) is 0 Å². The number of hydrogen-bond acceptors (Lipinski definition) is 4. The van der Waals surface area contributed by atoms with E-state index >= 15 is 0 Å². The first kappa shape index (κ1) is 21.9. The lowest BCUT2D eigenvalue weighted by atomic mass is 10.1. The number of halogens is 1. The first-order chi connectivity index (χ1) is 12.8. The third-order valence-corrected chi connectivity index (χ3v) is 6.39. The summed E-state index contributed by atoms with van der Waals surface area (Å²) >= 11 is 3.33. The fourth-order valence-electron chi connectivity index (χ4n) is 3.21. The summed E-state index contributed by atoms with van der Waals surface area (Å²) in [7, 11) is -3.24. The fraction of sp³-hybridized carbons (Fsp3) is 0.579. The summed E-state index contributed by atoms with van der Waals surface area (Å²) in [6, 6.07) is 6.11. The van der Waals surface area contributed by atoms with Crippen LogP contribution in [-0.4, -0.2) is 44.3 Å². The third-order valence-electron chi connectivity index (χ3n) is 4.72. The minimum Gasteiger partial charge on any atom is -0.352 e. The molecule has 1 unspecified atom stereocenters. The number of nitrogens with one attached hydrogen (secondary N) is 2. The van der Waals surface area contributed by atoms with Crippen LogP contribution in [0.5, 0.6) is 0 Å². The Morgan fingerprint density at radius 3 is 2.37 bits per heavy atom. The molecule has 150 valence electrons. The summed E-state index contributed by atoms with van der Waals surface area (Å²) in [5.41, 5.74) is 0.407. The number of benzene rings is 1. The molecule has 2 amide bonds. The van der Waals surface area contributed by atoms with Gasteiger partial charge in [0.15, 0.2) is 0 Å². The van der Waals surface area contributed by atoms with Crippen LogP contribution in [0.25, 0.3) is 0 Å². The van der Waals surface area contributed by atoms with Crippen molar-refractivity contribution >= 4 is 37.6 Å². The largest absolute Gasteiger partial charge is 0.352 e. The van der Waals surface area contributed by atoms with E-state index in [2.05, 4.69) is 26.6 Å². The van der Waals surface area contributed by atoms with Crippen molar-refractivity contribution < 1.29 is 18.0 Å². The normalized spacial score (nSPS) is 17.0. The van der Waals surface area contributed by atoms with Crippen molar-refractivity contribution in [1.82, 2.24) is 10.6 Å². The Kier molecular flexibility index (Phi) is 8.28. The summed E-state index contributed by atoms with van der Waals surface area (Å²) in [6.07, 6.45) is 7.50. The molecule has 0 heterocycles. The molecule has 2 N–H and O–H groups in total. The van der Waals surface area contributed by atoms with Gasteiger partial charge >= 0.3 is 0 Å². The van der Waals surface area contributed by atoms with Gasteiger partial charge in [0.05, 0.1) is 11.3 Å². The highest BCUT2D eigenvalue weighted by atomic mass is 79.9. The smallest absolute Gasteiger partial charge is 0.253 e. The van der Waals surface area contributed by atoms with E-state index in [9.17, 15) is 18.0 Å². The van der Waals surface area contributed by atoms with Gasteiger partial charge in [0.1, 0.15) is 15.9 Å². The van der Waals surface area contributed by atoms with Gasteiger partial charge in [-0.2, -0.15) is 0 Å². The molecule has 0 saturated heterocycles. The topological polar surface area (TPSA) is 92.3 Å². The number of carbonyl (C=O) groups excluding carboxylic acids is 2. The second-order valence-corrected chi connectivity index (χ2v) is 10.2. The van der Waals surface area contributed by atoms with Crippen molar-refractivity contribution in [3.8, 4) is 0 Å². The molecule has 1 aliphatic carbocycles. The van der Waals surface area contributed by atoms with E-state index in [1.807, 2.05) is 0 Å². The molecule has 8 heteroatoms. The number of hydrogen-bond donors (Lipinski definition) is 2. The molecule has 27 heavy (non-hydrogen) atoms. The van der Waals surface area contributed by atoms with Crippen molar-refractivity contribution in [3.05, 3.63) is 34.3 Å². The molecule has 1 aliphatic rings. The molecule has 0 aliphatic heterocycles. The summed E-state index contributed by atoms with van der Waals surface area (Å²) in [5.74, 6) is -0.880. The first-order valence-corrected chi connectivity index (χ1v) is 12.1. The Morgan fingerprint density at radius 2 is 1.78 bits per heavy atom. The maximum Gasteiger partial charge on any atom is 0.253 e. The molecule has 0 spiro atoms. The second kappa shape index (κ2) is 10.2. The van der Waals surface area contributed by atoms with E-state index in [-0.39, 0.29) is 24.1 Å². The second-order valence-electron chi connectivity index (χ2n) is 7.12. The van der Waals surface area contributed by atoms with Crippen LogP contribution in [0.15, 0.2) is 28.7 Å². The Hall–Kier alpha value is -1.41. The molecule has 1 aromatic rings. The van der Waals surface area contributed by atoms with Gasteiger partial charge in [0.25, 0.3) is 5.91 Å². The maximum absolute atomic E-state index is 12.8. The zero-order chi connectivity index (χ0) is 19.9. The van der Waals surface area contributed by atoms with Crippen molar-refractivity contribution in [2.24, 2.45) is 0 Å². The standard InChI is InChI=1S/C19H27BrN2O4S/c1-27(25,26)13-12-17(19(24)21-14-8-4-2-3-5-9-14)22-18(23)15-10-6-7-11-16(15)20/h6-7,10-11,14,17H,2-5,8-9,12-13H2,1H3,(H,21,24)(H,22,23). The molecule has 6 nitrogen and oxygen atoms in total. The highest BCUT2D eigenvalue weighted by Crippen LogP contribution is 2.18. The van der Waals surface area contributed by atoms with Gasteiger partial charge in [0, 0.05) is 16.8 Å². The average Bonchev–Trinajstić information content (AvgIpc) is 2.86. The van der Waals surface area contributed by atoms with Crippen LogP contribution >= 0.6 is 15.9 Å². The molecule has 1 saturated carbocycles.